The van der Waals surface area contributed by atoms with Gasteiger partial charge in [0.05, 0.1) is 78.7 Å². The van der Waals surface area contributed by atoms with Crippen LogP contribution in [0.4, 0.5) is 4.79 Å². The highest BCUT2D eigenvalue weighted by Crippen LogP contribution is 2.11. The van der Waals surface area contributed by atoms with Crippen molar-refractivity contribution < 1.29 is 67.7 Å². The zero-order valence-corrected chi connectivity index (χ0v) is 20.9. The second kappa shape index (κ2) is 21.3. The van der Waals surface area contributed by atoms with Crippen molar-refractivity contribution >= 4 is 30.0 Å². The van der Waals surface area contributed by atoms with Crippen LogP contribution in [0, 0.1) is 0 Å². The molecule has 0 rings (SSSR count). The molecule has 214 valence electrons. The van der Waals surface area contributed by atoms with E-state index in [2.05, 4.69) is 10.1 Å². The third kappa shape index (κ3) is 21.0. The van der Waals surface area contributed by atoms with Gasteiger partial charge in [-0.25, -0.2) is 4.79 Å². The minimum atomic E-state index is -1.69. The Hall–Kier alpha value is -2.85. The van der Waals surface area contributed by atoms with Crippen LogP contribution in [0.15, 0.2) is 0 Å². The maximum Gasteiger partial charge on any atom is 0.513 e. The summed E-state index contributed by atoms with van der Waals surface area (Å²) in [5.41, 5.74) is -1.18. The summed E-state index contributed by atoms with van der Waals surface area (Å²) in [5, 5.41) is 28.7. The first-order chi connectivity index (χ1) is 17.6. The van der Waals surface area contributed by atoms with Crippen LogP contribution in [0.25, 0.3) is 0 Å². The minimum Gasteiger partial charge on any atom is -0.481 e. The van der Waals surface area contributed by atoms with E-state index in [9.17, 15) is 24.0 Å². The molecule has 15 heteroatoms. The van der Waals surface area contributed by atoms with Crippen LogP contribution in [-0.2, 0) is 47.6 Å². The van der Waals surface area contributed by atoms with Crippen LogP contribution in [0.3, 0.4) is 0 Å². The van der Waals surface area contributed by atoms with Crippen molar-refractivity contribution in [3.05, 3.63) is 0 Å². The SMILES string of the molecule is CCCOCC(COCCC(=O)O)(COCCC(=O)O)NC(=O)CCOCCOCCC(=O)OC(=O)O. The lowest BCUT2D eigenvalue weighted by atomic mass is 10.0. The van der Waals surface area contributed by atoms with Crippen molar-refractivity contribution in [2.45, 2.75) is 44.6 Å². The van der Waals surface area contributed by atoms with Gasteiger partial charge in [-0.1, -0.05) is 6.92 Å². The molecule has 0 saturated heterocycles. The molecular formula is C22H37NO14. The number of amides is 1. The summed E-state index contributed by atoms with van der Waals surface area (Å²) in [7, 11) is 0. The summed E-state index contributed by atoms with van der Waals surface area (Å²) in [6, 6.07) is 0. The normalized spacial score (nSPS) is 11.2. The van der Waals surface area contributed by atoms with Crippen LogP contribution in [0.2, 0.25) is 0 Å². The standard InChI is InChI=1S/C22H37NO14/c1-2-7-34-14-22(15-35-9-4-18(25)26,16-36-10-5-19(27)28)23-17(24)3-8-32-12-13-33-11-6-20(29)37-21(30)31/h2-16H2,1H3,(H,23,24)(H,25,26)(H,27,28)(H,30,31). The van der Waals surface area contributed by atoms with Crippen molar-refractivity contribution in [3.63, 3.8) is 0 Å². The highest BCUT2D eigenvalue weighted by atomic mass is 16.7. The summed E-state index contributed by atoms with van der Waals surface area (Å²) in [4.78, 5) is 55.4. The molecule has 0 saturated carbocycles. The van der Waals surface area contributed by atoms with E-state index in [-0.39, 0.29) is 85.1 Å². The molecule has 0 atom stereocenters. The van der Waals surface area contributed by atoms with Gasteiger partial charge in [0.2, 0.25) is 5.91 Å². The monoisotopic (exact) mass is 539 g/mol. The molecule has 0 aromatic heterocycles. The van der Waals surface area contributed by atoms with E-state index in [1.165, 1.54) is 0 Å². The van der Waals surface area contributed by atoms with E-state index in [0.717, 1.165) is 0 Å². The lowest BCUT2D eigenvalue weighted by Crippen LogP contribution is -2.58. The third-order valence-corrected chi connectivity index (χ3v) is 4.31. The van der Waals surface area contributed by atoms with Gasteiger partial charge in [-0.2, -0.15) is 0 Å². The van der Waals surface area contributed by atoms with Crippen molar-refractivity contribution in [1.29, 1.82) is 0 Å². The zero-order chi connectivity index (χ0) is 27.9. The molecule has 0 aliphatic rings. The molecule has 0 spiro atoms. The predicted molar refractivity (Wildman–Crippen MR) is 123 cm³/mol. The predicted octanol–water partition coefficient (Wildman–Crippen LogP) is 0.285. The molecule has 0 radical (unpaired) electrons. The number of carbonyl (C=O) groups is 5. The van der Waals surface area contributed by atoms with Gasteiger partial charge in [0, 0.05) is 13.0 Å². The maximum absolute atomic E-state index is 12.6. The van der Waals surface area contributed by atoms with Crippen LogP contribution >= 0.6 is 0 Å². The number of ether oxygens (including phenoxy) is 6. The fourth-order valence-electron chi connectivity index (χ4n) is 2.65. The molecule has 0 bridgehead atoms. The highest BCUT2D eigenvalue weighted by Gasteiger charge is 2.33. The molecule has 0 fully saturated rings. The van der Waals surface area contributed by atoms with E-state index in [4.69, 9.17) is 39.0 Å². The van der Waals surface area contributed by atoms with Gasteiger partial charge >= 0.3 is 24.1 Å². The Balaban J connectivity index is 4.67. The van der Waals surface area contributed by atoms with Gasteiger partial charge < -0.3 is 49.1 Å². The van der Waals surface area contributed by atoms with E-state index >= 15 is 0 Å². The third-order valence-electron chi connectivity index (χ3n) is 4.31. The number of hydrogen-bond donors (Lipinski definition) is 4. The molecule has 0 aromatic carbocycles. The van der Waals surface area contributed by atoms with Crippen LogP contribution in [0.5, 0.6) is 0 Å². The van der Waals surface area contributed by atoms with Crippen molar-refractivity contribution in [3.8, 4) is 0 Å². The quantitative estimate of drug-likeness (QED) is 0.0737. The maximum atomic E-state index is 12.6. The van der Waals surface area contributed by atoms with Crippen LogP contribution in [0.1, 0.15) is 39.0 Å². The number of carboxylic acid groups (broad SMARTS) is 3. The molecule has 0 aliphatic carbocycles. The second-order valence-corrected chi connectivity index (χ2v) is 7.74. The van der Waals surface area contributed by atoms with Gasteiger partial charge in [0.1, 0.15) is 5.54 Å². The fraction of sp³-hybridized carbons (Fsp3) is 0.773. The first kappa shape index (κ1) is 34.1. The number of rotatable bonds is 24. The molecular weight excluding hydrogens is 502 g/mol. The van der Waals surface area contributed by atoms with E-state index in [0.29, 0.717) is 13.0 Å². The van der Waals surface area contributed by atoms with Gasteiger partial charge in [-0.3, -0.25) is 19.2 Å². The van der Waals surface area contributed by atoms with Gasteiger partial charge in [0.25, 0.3) is 0 Å². The summed E-state index contributed by atoms with van der Waals surface area (Å²) < 4.78 is 30.9. The van der Waals surface area contributed by atoms with Crippen LogP contribution in [-0.4, -0.2) is 117 Å². The molecule has 0 unspecified atom stereocenters. The number of carboxylic acids is 2. The van der Waals surface area contributed by atoms with Crippen molar-refractivity contribution in [2.75, 3.05) is 66.1 Å². The topological polar surface area (TPSA) is 213 Å². The van der Waals surface area contributed by atoms with Gasteiger partial charge in [0.15, 0.2) is 0 Å². The Bertz CT molecular complexity index is 677. The second-order valence-electron chi connectivity index (χ2n) is 7.74. The summed E-state index contributed by atoms with van der Waals surface area (Å²) in [5.74, 6) is -3.46. The summed E-state index contributed by atoms with van der Waals surface area (Å²) >= 11 is 0. The first-order valence-corrected chi connectivity index (χ1v) is 11.7. The molecule has 0 heterocycles. The molecule has 1 amide bonds. The largest absolute Gasteiger partial charge is 0.513 e. The summed E-state index contributed by atoms with van der Waals surface area (Å²) in [6.07, 6.45) is -1.75. The number of nitrogens with one attached hydrogen (secondary N) is 1. The number of carbonyl (C=O) groups excluding carboxylic acids is 2. The molecule has 0 aliphatic heterocycles. The van der Waals surface area contributed by atoms with Crippen LogP contribution < -0.4 is 5.32 Å². The number of hydrogen-bond acceptors (Lipinski definition) is 11. The fourth-order valence-corrected chi connectivity index (χ4v) is 2.65. The first-order valence-electron chi connectivity index (χ1n) is 11.7. The number of aliphatic carboxylic acids is 2. The Morgan fingerprint density at radius 2 is 1.08 bits per heavy atom. The minimum absolute atomic E-state index is 0.00820. The smallest absolute Gasteiger partial charge is 0.481 e. The van der Waals surface area contributed by atoms with Gasteiger partial charge in [-0.15, -0.1) is 0 Å². The number of esters is 1. The highest BCUT2D eigenvalue weighted by molar-refractivity contribution is 5.80. The molecule has 4 N–H and O–H groups in total. The van der Waals surface area contributed by atoms with E-state index in [1.807, 2.05) is 6.92 Å². The van der Waals surface area contributed by atoms with E-state index in [1.54, 1.807) is 0 Å². The Kier molecular flexibility index (Phi) is 19.6. The Labute approximate surface area is 214 Å². The summed E-state index contributed by atoms with van der Waals surface area (Å²) in [6.45, 7) is 2.01. The molecule has 37 heavy (non-hydrogen) atoms. The van der Waals surface area contributed by atoms with E-state index < -0.39 is 35.5 Å². The van der Waals surface area contributed by atoms with Gasteiger partial charge in [-0.05, 0) is 6.42 Å². The van der Waals surface area contributed by atoms with Crippen molar-refractivity contribution in [2.24, 2.45) is 0 Å². The average Bonchev–Trinajstić information content (AvgIpc) is 2.80. The zero-order valence-electron chi connectivity index (χ0n) is 20.9. The Morgan fingerprint density at radius 1 is 0.622 bits per heavy atom. The Morgan fingerprint density at radius 3 is 1.54 bits per heavy atom. The lowest BCUT2D eigenvalue weighted by Gasteiger charge is -2.34. The lowest BCUT2D eigenvalue weighted by molar-refractivity contribution is -0.141. The average molecular weight is 540 g/mol. The van der Waals surface area contributed by atoms with Crippen molar-refractivity contribution in [1.82, 2.24) is 5.32 Å². The molecule has 15 nitrogen and oxygen atoms in total. The molecule has 0 aromatic rings.